The molecular weight excluding hydrogens is 335 g/mol. The molecule has 1 atom stereocenters. The zero-order valence-corrected chi connectivity index (χ0v) is 11.7. The summed E-state index contributed by atoms with van der Waals surface area (Å²) >= 11 is 2.04. The molecule has 17 heavy (non-hydrogen) atoms. The zero-order valence-electron chi connectivity index (χ0n) is 9.57. The number of aromatic carboxylic acids is 1. The molecule has 0 aromatic heterocycles. The Morgan fingerprint density at radius 2 is 1.88 bits per heavy atom. The van der Waals surface area contributed by atoms with Crippen molar-refractivity contribution in [2.24, 2.45) is 0 Å². The van der Waals surface area contributed by atoms with Crippen molar-refractivity contribution in [3.05, 3.63) is 29.8 Å². The molecule has 1 aromatic rings. The van der Waals surface area contributed by atoms with Crippen LogP contribution in [0.15, 0.2) is 24.3 Å². The van der Waals surface area contributed by atoms with Crippen molar-refractivity contribution in [1.29, 1.82) is 0 Å². The Hall–Kier alpha value is -1.11. The van der Waals surface area contributed by atoms with Gasteiger partial charge >= 0.3 is 11.9 Å². The number of carboxylic acid groups (broad SMARTS) is 1. The van der Waals surface area contributed by atoms with Crippen LogP contribution in [0.1, 0.15) is 30.6 Å². The molecule has 0 radical (unpaired) electrons. The molecule has 0 fully saturated rings. The summed E-state index contributed by atoms with van der Waals surface area (Å²) in [7, 11) is 0. The lowest BCUT2D eigenvalue weighted by atomic mass is 10.1. The first-order valence-corrected chi connectivity index (χ1v) is 6.19. The molecule has 5 heteroatoms. The Bertz CT molecular complexity index is 423. The summed E-state index contributed by atoms with van der Waals surface area (Å²) in [4.78, 5) is 22.4. The van der Waals surface area contributed by atoms with Gasteiger partial charge in [0.25, 0.3) is 0 Å². The smallest absolute Gasteiger partial charge is 0.335 e. The number of carbonyl (C=O) groups is 2. The highest BCUT2D eigenvalue weighted by Gasteiger charge is 2.29. The van der Waals surface area contributed by atoms with Crippen LogP contribution in [0.4, 0.5) is 0 Å². The maximum Gasteiger partial charge on any atom is 0.335 e. The molecule has 1 rings (SSSR count). The summed E-state index contributed by atoms with van der Waals surface area (Å²) < 4.78 is 4.60. The number of alkyl halides is 1. The van der Waals surface area contributed by atoms with E-state index in [4.69, 9.17) is 9.84 Å². The van der Waals surface area contributed by atoms with E-state index in [1.54, 1.807) is 6.92 Å². The molecule has 92 valence electrons. The minimum absolute atomic E-state index is 0.164. The highest BCUT2D eigenvalue weighted by Crippen LogP contribution is 2.25. The maximum absolute atomic E-state index is 11.7. The van der Waals surface area contributed by atoms with Crippen molar-refractivity contribution in [3.8, 4) is 5.75 Å². The lowest BCUT2D eigenvalue weighted by Gasteiger charge is -2.18. The van der Waals surface area contributed by atoms with Crippen LogP contribution >= 0.6 is 22.6 Å². The lowest BCUT2D eigenvalue weighted by Crippen LogP contribution is -2.31. The number of benzene rings is 1. The van der Waals surface area contributed by atoms with E-state index in [-0.39, 0.29) is 11.5 Å². The van der Waals surface area contributed by atoms with Crippen molar-refractivity contribution >= 4 is 34.5 Å². The molecule has 0 spiro atoms. The average Bonchev–Trinajstić information content (AvgIpc) is 2.29. The fourth-order valence-corrected chi connectivity index (χ4v) is 1.13. The van der Waals surface area contributed by atoms with E-state index in [1.807, 2.05) is 29.5 Å². The molecule has 0 aliphatic carbocycles. The van der Waals surface area contributed by atoms with Crippen LogP contribution < -0.4 is 4.74 Å². The van der Waals surface area contributed by atoms with E-state index in [0.717, 1.165) is 0 Å². The molecule has 0 bridgehead atoms. The predicted molar refractivity (Wildman–Crippen MR) is 71.8 cm³/mol. The van der Waals surface area contributed by atoms with Crippen LogP contribution in [0.25, 0.3) is 0 Å². The van der Waals surface area contributed by atoms with Crippen LogP contribution in [-0.4, -0.2) is 20.5 Å². The van der Waals surface area contributed by atoms with Crippen molar-refractivity contribution in [1.82, 2.24) is 0 Å². The minimum Gasteiger partial charge on any atom is -0.478 e. The van der Waals surface area contributed by atoms with E-state index in [1.165, 1.54) is 24.3 Å². The van der Waals surface area contributed by atoms with Gasteiger partial charge in [-0.1, -0.05) is 29.5 Å². The van der Waals surface area contributed by atoms with Crippen molar-refractivity contribution in [2.45, 2.75) is 23.7 Å². The molecule has 1 N–H and O–H groups in total. The average molecular weight is 348 g/mol. The molecule has 0 saturated heterocycles. The normalized spacial score (nSPS) is 13.8. The molecule has 1 unspecified atom stereocenters. The van der Waals surface area contributed by atoms with E-state index >= 15 is 0 Å². The standard InChI is InChI=1S/C12H13IO4/c1-3-12(2,13)11(16)17-9-6-4-8(5-7-9)10(14)15/h4-7H,3H2,1-2H3,(H,14,15). The second kappa shape index (κ2) is 5.48. The number of rotatable bonds is 4. The number of halogens is 1. The fourth-order valence-electron chi connectivity index (χ4n) is 1.02. The topological polar surface area (TPSA) is 63.6 Å². The van der Waals surface area contributed by atoms with E-state index in [9.17, 15) is 9.59 Å². The van der Waals surface area contributed by atoms with Gasteiger partial charge in [-0.05, 0) is 37.6 Å². The second-order valence-corrected chi connectivity index (χ2v) is 6.15. The van der Waals surface area contributed by atoms with Crippen LogP contribution in [-0.2, 0) is 4.79 Å². The molecule has 4 nitrogen and oxygen atoms in total. The number of esters is 1. The van der Waals surface area contributed by atoms with Gasteiger partial charge in [0.1, 0.15) is 9.17 Å². The number of carbonyl (C=O) groups excluding carboxylic acids is 1. The molecular formula is C12H13IO4. The fraction of sp³-hybridized carbons (Fsp3) is 0.333. The largest absolute Gasteiger partial charge is 0.478 e. The highest BCUT2D eigenvalue weighted by atomic mass is 127. The van der Waals surface area contributed by atoms with Gasteiger partial charge in [0.05, 0.1) is 5.56 Å². The van der Waals surface area contributed by atoms with Gasteiger partial charge < -0.3 is 9.84 Å². The van der Waals surface area contributed by atoms with Gasteiger partial charge in [-0.15, -0.1) is 0 Å². The lowest BCUT2D eigenvalue weighted by molar-refractivity contribution is -0.136. The third-order valence-electron chi connectivity index (χ3n) is 2.40. The molecule has 0 aliphatic heterocycles. The van der Waals surface area contributed by atoms with E-state index in [0.29, 0.717) is 12.2 Å². The predicted octanol–water partition coefficient (Wildman–Crippen LogP) is 2.89. The Morgan fingerprint density at radius 1 is 1.35 bits per heavy atom. The first kappa shape index (κ1) is 14.0. The summed E-state index contributed by atoms with van der Waals surface area (Å²) in [5.74, 6) is -0.977. The number of hydrogen-bond acceptors (Lipinski definition) is 3. The van der Waals surface area contributed by atoms with E-state index in [2.05, 4.69) is 0 Å². The number of ether oxygens (including phenoxy) is 1. The van der Waals surface area contributed by atoms with Crippen LogP contribution in [0, 0.1) is 0 Å². The summed E-state index contributed by atoms with van der Waals surface area (Å²) in [6, 6.07) is 5.76. The Balaban J connectivity index is 2.76. The summed E-state index contributed by atoms with van der Waals surface area (Å²) in [6.07, 6.45) is 0.666. The highest BCUT2D eigenvalue weighted by molar-refractivity contribution is 14.1. The molecule has 0 saturated carbocycles. The SMILES string of the molecule is CCC(C)(I)C(=O)Oc1ccc(C(=O)O)cc1. The van der Waals surface area contributed by atoms with Crippen molar-refractivity contribution < 1.29 is 19.4 Å². The molecule has 0 aliphatic rings. The van der Waals surface area contributed by atoms with Gasteiger partial charge in [-0.2, -0.15) is 0 Å². The third-order valence-corrected chi connectivity index (χ3v) is 3.60. The zero-order chi connectivity index (χ0) is 13.1. The molecule has 0 heterocycles. The first-order valence-electron chi connectivity index (χ1n) is 5.11. The minimum atomic E-state index is -1.00. The molecule has 1 aromatic carbocycles. The number of hydrogen-bond donors (Lipinski definition) is 1. The quantitative estimate of drug-likeness (QED) is 0.393. The first-order chi connectivity index (χ1) is 7.86. The summed E-state index contributed by atoms with van der Waals surface area (Å²) in [6.45, 7) is 3.70. The maximum atomic E-state index is 11.7. The van der Waals surface area contributed by atoms with Crippen molar-refractivity contribution in [3.63, 3.8) is 0 Å². The molecule has 0 amide bonds. The van der Waals surface area contributed by atoms with Gasteiger partial charge in [-0.25, -0.2) is 4.79 Å². The summed E-state index contributed by atoms with van der Waals surface area (Å²) in [5, 5.41) is 8.72. The van der Waals surface area contributed by atoms with Gasteiger partial charge in [0, 0.05) is 0 Å². The number of carboxylic acids is 1. The van der Waals surface area contributed by atoms with Crippen LogP contribution in [0.5, 0.6) is 5.75 Å². The Kier molecular flexibility index (Phi) is 4.50. The van der Waals surface area contributed by atoms with Crippen LogP contribution in [0.3, 0.4) is 0 Å². The van der Waals surface area contributed by atoms with Crippen LogP contribution in [0.2, 0.25) is 0 Å². The van der Waals surface area contributed by atoms with E-state index < -0.39 is 9.39 Å². The van der Waals surface area contributed by atoms with Gasteiger partial charge in [0.15, 0.2) is 0 Å². The van der Waals surface area contributed by atoms with Gasteiger partial charge in [0.2, 0.25) is 0 Å². The Labute approximate surface area is 113 Å². The van der Waals surface area contributed by atoms with Gasteiger partial charge in [-0.3, -0.25) is 4.79 Å². The Morgan fingerprint density at radius 3 is 2.29 bits per heavy atom. The summed E-state index contributed by atoms with van der Waals surface area (Å²) in [5.41, 5.74) is 0.164. The monoisotopic (exact) mass is 348 g/mol. The third kappa shape index (κ3) is 3.69. The second-order valence-electron chi connectivity index (χ2n) is 3.77. The van der Waals surface area contributed by atoms with Crippen molar-refractivity contribution in [2.75, 3.05) is 0 Å².